The van der Waals surface area contributed by atoms with Crippen LogP contribution in [0.25, 0.3) is 0 Å². The van der Waals surface area contributed by atoms with Gasteiger partial charge in [-0.15, -0.1) is 0 Å². The Morgan fingerprint density at radius 3 is 2.64 bits per heavy atom. The highest BCUT2D eigenvalue weighted by atomic mass is 35.5. The lowest BCUT2D eigenvalue weighted by atomic mass is 10.1. The molecule has 6 heteroatoms. The van der Waals surface area contributed by atoms with Crippen molar-refractivity contribution in [2.75, 3.05) is 18.6 Å². The molecule has 0 N–H and O–H groups in total. The topological polar surface area (TPSA) is 54.5 Å². The van der Waals surface area contributed by atoms with Crippen LogP contribution in [-0.2, 0) is 14.6 Å². The van der Waals surface area contributed by atoms with Gasteiger partial charge in [-0.1, -0.05) is 36.7 Å². The summed E-state index contributed by atoms with van der Waals surface area (Å²) >= 11 is 6.17. The molecule has 1 saturated carbocycles. The van der Waals surface area contributed by atoms with Crippen molar-refractivity contribution in [2.45, 2.75) is 32.2 Å². The molecule has 1 aromatic carbocycles. The molecule has 3 atom stereocenters. The van der Waals surface area contributed by atoms with E-state index in [1.54, 1.807) is 25.8 Å². The molecule has 1 aliphatic rings. The molecule has 0 bridgehead atoms. The van der Waals surface area contributed by atoms with Crippen LogP contribution in [0, 0.1) is 5.92 Å². The lowest BCUT2D eigenvalue weighted by molar-refractivity contribution is -0.132. The Hall–Kier alpha value is -1.07. The van der Waals surface area contributed by atoms with Crippen molar-refractivity contribution in [1.82, 2.24) is 4.90 Å². The van der Waals surface area contributed by atoms with E-state index in [2.05, 4.69) is 0 Å². The smallest absolute Gasteiger partial charge is 0.226 e. The SMILES string of the molecule is CCS(=O)(=O)CC(C)N(C)C(=O)C1CC1c1ccccc1Cl. The van der Waals surface area contributed by atoms with Gasteiger partial charge in [0.25, 0.3) is 0 Å². The Kier molecular flexibility index (Phi) is 5.17. The molecule has 0 spiro atoms. The first-order valence-corrected chi connectivity index (χ1v) is 9.68. The number of benzene rings is 1. The average molecular weight is 344 g/mol. The lowest BCUT2D eigenvalue weighted by Gasteiger charge is -2.25. The second kappa shape index (κ2) is 6.59. The minimum absolute atomic E-state index is 0.00345. The van der Waals surface area contributed by atoms with Gasteiger partial charge < -0.3 is 4.90 Å². The maximum atomic E-state index is 12.5. The molecule has 1 fully saturated rings. The molecular weight excluding hydrogens is 322 g/mol. The van der Waals surface area contributed by atoms with Gasteiger partial charge in [-0.25, -0.2) is 8.42 Å². The summed E-state index contributed by atoms with van der Waals surface area (Å²) in [7, 11) is -1.41. The number of carbonyl (C=O) groups is 1. The van der Waals surface area contributed by atoms with Crippen molar-refractivity contribution in [2.24, 2.45) is 5.92 Å². The zero-order valence-electron chi connectivity index (χ0n) is 13.1. The first kappa shape index (κ1) is 17.3. The maximum absolute atomic E-state index is 12.5. The number of rotatable bonds is 6. The van der Waals surface area contributed by atoms with Gasteiger partial charge in [-0.3, -0.25) is 4.79 Å². The second-order valence-electron chi connectivity index (χ2n) is 5.97. The minimum atomic E-state index is -3.09. The number of hydrogen-bond donors (Lipinski definition) is 0. The molecule has 3 unspecified atom stereocenters. The highest BCUT2D eigenvalue weighted by Crippen LogP contribution is 2.50. The van der Waals surface area contributed by atoms with E-state index in [-0.39, 0.29) is 35.3 Å². The Bertz CT molecular complexity index is 659. The first-order chi connectivity index (χ1) is 10.3. The van der Waals surface area contributed by atoms with E-state index in [9.17, 15) is 13.2 Å². The summed E-state index contributed by atoms with van der Waals surface area (Å²) in [6.45, 7) is 3.40. The average Bonchev–Trinajstić information content (AvgIpc) is 3.26. The Balaban J connectivity index is 2.00. The van der Waals surface area contributed by atoms with Crippen LogP contribution in [0.1, 0.15) is 31.7 Å². The molecule has 0 radical (unpaired) electrons. The van der Waals surface area contributed by atoms with Gasteiger partial charge in [0.2, 0.25) is 5.91 Å². The summed E-state index contributed by atoms with van der Waals surface area (Å²) in [4.78, 5) is 14.1. The third-order valence-electron chi connectivity index (χ3n) is 4.36. The summed E-state index contributed by atoms with van der Waals surface area (Å²) in [5, 5.41) is 0.687. The van der Waals surface area contributed by atoms with E-state index in [0.29, 0.717) is 5.02 Å². The summed E-state index contributed by atoms with van der Waals surface area (Å²) in [5.74, 6) is 0.180. The van der Waals surface area contributed by atoms with Crippen LogP contribution in [0.4, 0.5) is 0 Å². The molecule has 122 valence electrons. The van der Waals surface area contributed by atoms with Crippen LogP contribution in [0.5, 0.6) is 0 Å². The predicted octanol–water partition coefficient (Wildman–Crippen LogP) is 2.73. The molecule has 0 heterocycles. The van der Waals surface area contributed by atoms with Crippen LogP contribution in [0.2, 0.25) is 5.02 Å². The molecule has 4 nitrogen and oxygen atoms in total. The van der Waals surface area contributed by atoms with Crippen molar-refractivity contribution in [1.29, 1.82) is 0 Å². The molecule has 1 aromatic rings. The van der Waals surface area contributed by atoms with Gasteiger partial charge in [-0.05, 0) is 30.9 Å². The van der Waals surface area contributed by atoms with Crippen molar-refractivity contribution in [3.8, 4) is 0 Å². The normalized spacial score (nSPS) is 22.2. The third kappa shape index (κ3) is 3.82. The van der Waals surface area contributed by atoms with Crippen molar-refractivity contribution in [3.05, 3.63) is 34.9 Å². The third-order valence-corrected chi connectivity index (χ3v) is 6.57. The molecule has 22 heavy (non-hydrogen) atoms. The molecular formula is C16H22ClNO3S. The number of carbonyl (C=O) groups excluding carboxylic acids is 1. The van der Waals surface area contributed by atoms with E-state index in [0.717, 1.165) is 12.0 Å². The fraction of sp³-hybridized carbons (Fsp3) is 0.562. The zero-order valence-corrected chi connectivity index (χ0v) is 14.7. The number of amides is 1. The first-order valence-electron chi connectivity index (χ1n) is 7.48. The number of nitrogens with zero attached hydrogens (tertiary/aromatic N) is 1. The van der Waals surface area contributed by atoms with Gasteiger partial charge in [0, 0.05) is 29.8 Å². The van der Waals surface area contributed by atoms with E-state index < -0.39 is 9.84 Å². The van der Waals surface area contributed by atoms with Crippen LogP contribution in [-0.4, -0.2) is 43.8 Å². The van der Waals surface area contributed by atoms with Crippen molar-refractivity contribution in [3.63, 3.8) is 0 Å². The molecule has 0 aliphatic heterocycles. The lowest BCUT2D eigenvalue weighted by Crippen LogP contribution is -2.40. The van der Waals surface area contributed by atoms with Crippen LogP contribution >= 0.6 is 11.6 Å². The van der Waals surface area contributed by atoms with Gasteiger partial charge >= 0.3 is 0 Å². The fourth-order valence-corrected chi connectivity index (χ4v) is 4.13. The zero-order chi connectivity index (χ0) is 16.5. The van der Waals surface area contributed by atoms with Gasteiger partial charge in [0.05, 0.1) is 5.75 Å². The standard InChI is InChI=1S/C16H22ClNO3S/c1-4-22(20,21)10-11(2)18(3)16(19)14-9-13(14)12-7-5-6-8-15(12)17/h5-8,11,13-14H,4,9-10H2,1-3H3. The number of sulfone groups is 1. The van der Waals surface area contributed by atoms with Gasteiger partial charge in [0.15, 0.2) is 9.84 Å². The Morgan fingerprint density at radius 1 is 1.41 bits per heavy atom. The maximum Gasteiger partial charge on any atom is 0.226 e. The summed E-state index contributed by atoms with van der Waals surface area (Å²) < 4.78 is 23.4. The Morgan fingerprint density at radius 2 is 2.05 bits per heavy atom. The van der Waals surface area contributed by atoms with Crippen LogP contribution in [0.3, 0.4) is 0 Å². The predicted molar refractivity (Wildman–Crippen MR) is 88.9 cm³/mol. The van der Waals surface area contributed by atoms with Crippen LogP contribution in [0.15, 0.2) is 24.3 Å². The molecule has 1 aliphatic carbocycles. The Labute approximate surface area is 137 Å². The molecule has 0 saturated heterocycles. The molecule has 1 amide bonds. The van der Waals surface area contributed by atoms with Gasteiger partial charge in [-0.2, -0.15) is 0 Å². The van der Waals surface area contributed by atoms with E-state index >= 15 is 0 Å². The van der Waals surface area contributed by atoms with Crippen molar-refractivity contribution >= 4 is 27.3 Å². The van der Waals surface area contributed by atoms with E-state index in [4.69, 9.17) is 11.6 Å². The second-order valence-corrected chi connectivity index (χ2v) is 8.77. The van der Waals surface area contributed by atoms with Crippen LogP contribution < -0.4 is 0 Å². The van der Waals surface area contributed by atoms with E-state index in [1.807, 2.05) is 24.3 Å². The highest BCUT2D eigenvalue weighted by molar-refractivity contribution is 7.91. The summed E-state index contributed by atoms with van der Waals surface area (Å²) in [6.07, 6.45) is 0.778. The summed E-state index contributed by atoms with van der Waals surface area (Å²) in [5.41, 5.74) is 1.00. The molecule has 2 rings (SSSR count). The minimum Gasteiger partial charge on any atom is -0.342 e. The number of hydrogen-bond acceptors (Lipinski definition) is 3. The van der Waals surface area contributed by atoms with Crippen molar-refractivity contribution < 1.29 is 13.2 Å². The highest BCUT2D eigenvalue weighted by Gasteiger charge is 2.46. The number of halogens is 1. The van der Waals surface area contributed by atoms with Gasteiger partial charge in [0.1, 0.15) is 0 Å². The quantitative estimate of drug-likeness (QED) is 0.798. The largest absolute Gasteiger partial charge is 0.342 e. The van der Waals surface area contributed by atoms with E-state index in [1.165, 1.54) is 0 Å². The monoisotopic (exact) mass is 343 g/mol. The summed E-state index contributed by atoms with van der Waals surface area (Å²) in [6, 6.07) is 7.25. The molecule has 0 aromatic heterocycles. The fourth-order valence-electron chi connectivity index (χ4n) is 2.66.